The lowest BCUT2D eigenvalue weighted by atomic mass is 10.1. The predicted octanol–water partition coefficient (Wildman–Crippen LogP) is 3.35. The van der Waals surface area contributed by atoms with Crippen LogP contribution >= 0.6 is 22.9 Å². The number of benzene rings is 2. The Morgan fingerprint density at radius 3 is 2.58 bits per heavy atom. The van der Waals surface area contributed by atoms with Crippen molar-refractivity contribution in [2.45, 2.75) is 6.92 Å². The number of halogens is 1. The topological polar surface area (TPSA) is 72.7 Å². The summed E-state index contributed by atoms with van der Waals surface area (Å²) in [6.45, 7) is 3.43. The third-order valence-corrected chi connectivity index (χ3v) is 5.07. The van der Waals surface area contributed by atoms with E-state index in [0.717, 1.165) is 22.3 Å². The Balaban J connectivity index is 2.09. The number of aromatic hydroxyl groups is 1. The van der Waals surface area contributed by atoms with E-state index in [1.807, 2.05) is 52.3 Å². The van der Waals surface area contributed by atoms with Gasteiger partial charge in [-0.2, -0.15) is 0 Å². The molecule has 0 unspecified atom stereocenters. The summed E-state index contributed by atoms with van der Waals surface area (Å²) < 4.78 is 2.02. The van der Waals surface area contributed by atoms with Gasteiger partial charge in [0.25, 0.3) is 0 Å². The van der Waals surface area contributed by atoms with Gasteiger partial charge >= 0.3 is 0 Å². The molecule has 0 atom stereocenters. The molecule has 0 saturated heterocycles. The van der Waals surface area contributed by atoms with Crippen LogP contribution < -0.4 is 3.11 Å². The van der Waals surface area contributed by atoms with Crippen LogP contribution in [0.1, 0.15) is 5.56 Å². The van der Waals surface area contributed by atoms with Crippen molar-refractivity contribution >= 4 is 39.6 Å². The summed E-state index contributed by atoms with van der Waals surface area (Å²) in [4.78, 5) is 11.2. The number of anilines is 1. The van der Waals surface area contributed by atoms with Gasteiger partial charge in [-0.15, -0.1) is 0 Å². The van der Waals surface area contributed by atoms with Crippen LogP contribution in [0.2, 0.25) is 0 Å². The van der Waals surface area contributed by atoms with E-state index in [9.17, 15) is 10.2 Å². The van der Waals surface area contributed by atoms with E-state index in [-0.39, 0.29) is 12.5 Å². The van der Waals surface area contributed by atoms with Crippen molar-refractivity contribution in [2.24, 2.45) is 0 Å². The predicted molar refractivity (Wildman–Crippen MR) is 112 cm³/mol. The molecular formula is C19H21IN4O2. The summed E-state index contributed by atoms with van der Waals surface area (Å²) in [7, 11) is 1.86. The molecule has 1 aromatic heterocycles. The number of nitrogens with zero attached hydrogens (tertiary/aromatic N) is 4. The minimum Gasteiger partial charge on any atom is -0.507 e. The first-order chi connectivity index (χ1) is 12.5. The molecule has 0 aliphatic heterocycles. The number of aromatic nitrogens is 2. The van der Waals surface area contributed by atoms with Gasteiger partial charge in [0.05, 0.1) is 40.7 Å². The maximum Gasteiger partial charge on any atom is 0.165 e. The highest BCUT2D eigenvalue weighted by Crippen LogP contribution is 2.32. The Hall–Kier alpha value is -1.97. The van der Waals surface area contributed by atoms with Crippen molar-refractivity contribution in [1.82, 2.24) is 14.9 Å². The van der Waals surface area contributed by atoms with E-state index in [0.29, 0.717) is 24.5 Å². The van der Waals surface area contributed by atoms with Gasteiger partial charge in [0, 0.05) is 18.5 Å². The lowest BCUT2D eigenvalue weighted by Gasteiger charge is -2.21. The van der Waals surface area contributed by atoms with Gasteiger partial charge in [-0.1, -0.05) is 18.2 Å². The molecule has 1 heterocycles. The zero-order chi connectivity index (χ0) is 18.7. The molecule has 0 radical (unpaired) electrons. The highest BCUT2D eigenvalue weighted by Gasteiger charge is 2.16. The number of aliphatic hydroxyl groups is 1. The molecule has 0 fully saturated rings. The minimum atomic E-state index is 0.0112. The highest BCUT2D eigenvalue weighted by molar-refractivity contribution is 14.1. The molecule has 2 N–H and O–H groups in total. The second-order valence-corrected chi connectivity index (χ2v) is 7.38. The Kier molecular flexibility index (Phi) is 5.90. The quantitative estimate of drug-likeness (QED) is 0.331. The maximum absolute atomic E-state index is 10.2. The van der Waals surface area contributed by atoms with E-state index in [1.165, 1.54) is 0 Å². The molecule has 2 aromatic carbocycles. The second-order valence-electron chi connectivity index (χ2n) is 6.22. The number of phenols is 1. The number of phenolic OH excluding ortho intramolecular Hbond substituents is 1. The van der Waals surface area contributed by atoms with Crippen LogP contribution in [-0.2, 0) is 0 Å². The Bertz CT molecular complexity index is 919. The molecule has 3 aromatic rings. The van der Waals surface area contributed by atoms with Gasteiger partial charge in [-0.3, -0.25) is 8.01 Å². The third-order valence-electron chi connectivity index (χ3n) is 4.13. The van der Waals surface area contributed by atoms with Crippen LogP contribution in [0.4, 0.5) is 5.82 Å². The number of fused-ring (bicyclic) bond motifs is 1. The SMILES string of the molecule is Cc1ccc2c(N(I)CCN(C)CO)nc(-c3ccccc3O)nc2c1. The Labute approximate surface area is 166 Å². The van der Waals surface area contributed by atoms with Gasteiger partial charge < -0.3 is 10.2 Å². The lowest BCUT2D eigenvalue weighted by molar-refractivity contribution is 0.136. The number of para-hydroxylation sites is 1. The Morgan fingerprint density at radius 1 is 1.08 bits per heavy atom. The van der Waals surface area contributed by atoms with Crippen molar-refractivity contribution in [3.8, 4) is 17.1 Å². The van der Waals surface area contributed by atoms with Crippen molar-refractivity contribution in [2.75, 3.05) is 30.0 Å². The van der Waals surface area contributed by atoms with Crippen molar-refractivity contribution in [1.29, 1.82) is 0 Å². The normalized spacial score (nSPS) is 11.3. The van der Waals surface area contributed by atoms with E-state index < -0.39 is 0 Å². The van der Waals surface area contributed by atoms with Gasteiger partial charge in [-0.25, -0.2) is 9.97 Å². The van der Waals surface area contributed by atoms with Crippen LogP contribution in [0.25, 0.3) is 22.3 Å². The minimum absolute atomic E-state index is 0.0112. The molecule has 0 aliphatic rings. The first-order valence-corrected chi connectivity index (χ1v) is 9.25. The number of aryl methyl sites for hydroxylation is 1. The van der Waals surface area contributed by atoms with E-state index in [4.69, 9.17) is 4.98 Å². The van der Waals surface area contributed by atoms with Crippen LogP contribution in [0, 0.1) is 6.92 Å². The number of hydrogen-bond donors (Lipinski definition) is 2. The standard InChI is InChI=1S/C19H21IN4O2/c1-13-7-8-14-16(11-13)21-18(15-5-3-4-6-17(15)26)22-19(14)24(20)10-9-23(2)12-25/h3-8,11,25-26H,9-10,12H2,1-2H3. The molecule has 26 heavy (non-hydrogen) atoms. The summed E-state index contributed by atoms with van der Waals surface area (Å²) in [5.74, 6) is 1.44. The van der Waals surface area contributed by atoms with Crippen molar-refractivity contribution < 1.29 is 10.2 Å². The maximum atomic E-state index is 10.2. The highest BCUT2D eigenvalue weighted by atomic mass is 127. The molecule has 0 amide bonds. The molecule has 0 aliphatic carbocycles. The third kappa shape index (κ3) is 4.05. The van der Waals surface area contributed by atoms with E-state index in [1.54, 1.807) is 12.1 Å². The first-order valence-electron chi connectivity index (χ1n) is 8.29. The molecule has 3 rings (SSSR count). The zero-order valence-corrected chi connectivity index (χ0v) is 16.9. The fourth-order valence-electron chi connectivity index (χ4n) is 2.63. The number of rotatable bonds is 6. The summed E-state index contributed by atoms with van der Waals surface area (Å²) in [6, 6.07) is 13.2. The van der Waals surface area contributed by atoms with Crippen LogP contribution in [0.15, 0.2) is 42.5 Å². The molecule has 0 bridgehead atoms. The fraction of sp³-hybridized carbons (Fsp3) is 0.263. The van der Waals surface area contributed by atoms with E-state index >= 15 is 0 Å². The summed E-state index contributed by atoms with van der Waals surface area (Å²) in [5, 5.41) is 20.3. The zero-order valence-electron chi connectivity index (χ0n) is 14.7. The summed E-state index contributed by atoms with van der Waals surface area (Å²) in [6.07, 6.45) is 0. The van der Waals surface area contributed by atoms with Crippen LogP contribution in [0.3, 0.4) is 0 Å². The first kappa shape index (κ1) is 18.8. The molecule has 6 nitrogen and oxygen atoms in total. The monoisotopic (exact) mass is 464 g/mol. The van der Waals surface area contributed by atoms with Crippen LogP contribution in [0.5, 0.6) is 5.75 Å². The van der Waals surface area contributed by atoms with Gasteiger partial charge in [0.2, 0.25) is 0 Å². The molecule has 0 spiro atoms. The Morgan fingerprint density at radius 2 is 1.85 bits per heavy atom. The molecule has 0 saturated carbocycles. The van der Waals surface area contributed by atoms with Gasteiger partial charge in [0.1, 0.15) is 11.6 Å². The second kappa shape index (κ2) is 8.15. The summed E-state index contributed by atoms with van der Waals surface area (Å²) >= 11 is 2.23. The smallest absolute Gasteiger partial charge is 0.165 e. The number of aliphatic hydroxyl groups excluding tert-OH is 1. The van der Waals surface area contributed by atoms with Crippen molar-refractivity contribution in [3.05, 3.63) is 48.0 Å². The largest absolute Gasteiger partial charge is 0.507 e. The molecule has 136 valence electrons. The van der Waals surface area contributed by atoms with Crippen molar-refractivity contribution in [3.63, 3.8) is 0 Å². The van der Waals surface area contributed by atoms with Gasteiger partial charge in [-0.05, 0) is 43.8 Å². The molecule has 7 heteroatoms. The lowest BCUT2D eigenvalue weighted by Crippen LogP contribution is -2.29. The number of likely N-dealkylation sites (N-methyl/N-ethyl adjacent to an activating group) is 1. The van der Waals surface area contributed by atoms with Gasteiger partial charge in [0.15, 0.2) is 5.82 Å². The van der Waals surface area contributed by atoms with Crippen LogP contribution in [-0.4, -0.2) is 51.9 Å². The average molecular weight is 464 g/mol. The average Bonchev–Trinajstić information content (AvgIpc) is 2.64. The number of hydrogen-bond acceptors (Lipinski definition) is 6. The summed E-state index contributed by atoms with van der Waals surface area (Å²) in [5.41, 5.74) is 2.56. The fourth-order valence-corrected chi connectivity index (χ4v) is 3.21. The molecular weight excluding hydrogens is 443 g/mol. The van der Waals surface area contributed by atoms with E-state index in [2.05, 4.69) is 27.8 Å².